The summed E-state index contributed by atoms with van der Waals surface area (Å²) in [5, 5.41) is 5.52. The molecular formula is C23H30N4O2. The summed E-state index contributed by atoms with van der Waals surface area (Å²) in [5.41, 5.74) is 3.27. The highest BCUT2D eigenvalue weighted by Crippen LogP contribution is 2.09. The number of nitrogens with zero attached hydrogens (tertiary/aromatic N) is 2. The lowest BCUT2D eigenvalue weighted by atomic mass is 10.1. The first-order chi connectivity index (χ1) is 14.1. The highest BCUT2D eigenvalue weighted by Gasteiger charge is 2.13. The molecule has 6 nitrogen and oxygen atoms in total. The van der Waals surface area contributed by atoms with E-state index in [2.05, 4.69) is 51.7 Å². The van der Waals surface area contributed by atoms with Gasteiger partial charge in [-0.1, -0.05) is 54.6 Å². The second-order valence-electron chi connectivity index (χ2n) is 7.61. The largest absolute Gasteiger partial charge is 0.350 e. The van der Waals surface area contributed by atoms with Crippen molar-refractivity contribution in [2.24, 2.45) is 0 Å². The third-order valence-corrected chi connectivity index (χ3v) is 5.17. The Morgan fingerprint density at radius 2 is 1.45 bits per heavy atom. The van der Waals surface area contributed by atoms with Crippen LogP contribution in [-0.2, 0) is 29.1 Å². The number of rotatable bonds is 8. The Bertz CT molecular complexity index is 784. The van der Waals surface area contributed by atoms with Crippen LogP contribution in [0.15, 0.2) is 54.6 Å². The molecular weight excluding hydrogens is 364 g/mol. The third-order valence-electron chi connectivity index (χ3n) is 5.17. The fourth-order valence-corrected chi connectivity index (χ4v) is 3.31. The first-order valence-corrected chi connectivity index (χ1v) is 10.1. The molecule has 0 radical (unpaired) electrons. The number of carbonyl (C=O) groups is 2. The van der Waals surface area contributed by atoms with Crippen LogP contribution in [0.1, 0.15) is 16.7 Å². The van der Waals surface area contributed by atoms with Crippen LogP contribution in [0.3, 0.4) is 0 Å². The zero-order valence-electron chi connectivity index (χ0n) is 17.1. The minimum absolute atomic E-state index is 0.00679. The number of carbonyl (C=O) groups excluding carboxylic acids is 2. The maximum atomic E-state index is 12.0. The van der Waals surface area contributed by atoms with Crippen molar-refractivity contribution in [2.45, 2.75) is 19.5 Å². The maximum absolute atomic E-state index is 12.0. The first kappa shape index (κ1) is 21.0. The van der Waals surface area contributed by atoms with Gasteiger partial charge in [0.05, 0.1) is 13.0 Å². The zero-order valence-corrected chi connectivity index (χ0v) is 17.1. The van der Waals surface area contributed by atoms with Crippen molar-refractivity contribution in [3.05, 3.63) is 71.3 Å². The van der Waals surface area contributed by atoms with Gasteiger partial charge in [0, 0.05) is 39.3 Å². The van der Waals surface area contributed by atoms with E-state index in [9.17, 15) is 9.59 Å². The predicted molar refractivity (Wildman–Crippen MR) is 114 cm³/mol. The summed E-state index contributed by atoms with van der Waals surface area (Å²) in [7, 11) is 2.16. The summed E-state index contributed by atoms with van der Waals surface area (Å²) in [6.07, 6.45) is 0.281. The lowest BCUT2D eigenvalue weighted by Gasteiger charge is -2.32. The fourth-order valence-electron chi connectivity index (χ4n) is 3.31. The van der Waals surface area contributed by atoms with E-state index >= 15 is 0 Å². The standard InChI is InChI=1S/C23H30N4O2/c1-26-11-13-27(14-12-26)18-21-9-7-20(8-10-21)16-24-23(29)17-25-22(28)15-19-5-3-2-4-6-19/h2-10H,11-18H2,1H3,(H,24,29)(H,25,28). The van der Waals surface area contributed by atoms with Crippen LogP contribution >= 0.6 is 0 Å². The average molecular weight is 395 g/mol. The highest BCUT2D eigenvalue weighted by atomic mass is 16.2. The van der Waals surface area contributed by atoms with Crippen LogP contribution in [0.5, 0.6) is 0 Å². The van der Waals surface area contributed by atoms with Gasteiger partial charge in [-0.2, -0.15) is 0 Å². The van der Waals surface area contributed by atoms with Crippen molar-refractivity contribution in [1.29, 1.82) is 0 Å². The molecule has 0 aromatic heterocycles. The first-order valence-electron chi connectivity index (χ1n) is 10.1. The zero-order chi connectivity index (χ0) is 20.5. The Labute approximate surface area is 172 Å². The van der Waals surface area contributed by atoms with Crippen molar-refractivity contribution in [1.82, 2.24) is 20.4 Å². The number of benzene rings is 2. The second kappa shape index (κ2) is 10.7. The van der Waals surface area contributed by atoms with Gasteiger partial charge in [-0.15, -0.1) is 0 Å². The molecule has 154 valence electrons. The quantitative estimate of drug-likeness (QED) is 0.711. The molecule has 0 bridgehead atoms. The van der Waals surface area contributed by atoms with Crippen molar-refractivity contribution >= 4 is 11.8 Å². The molecule has 1 aliphatic rings. The summed E-state index contributed by atoms with van der Waals surface area (Å²) in [6, 6.07) is 17.9. The number of hydrogen-bond donors (Lipinski definition) is 2. The van der Waals surface area contributed by atoms with E-state index < -0.39 is 0 Å². The Morgan fingerprint density at radius 1 is 0.793 bits per heavy atom. The molecule has 2 aromatic rings. The highest BCUT2D eigenvalue weighted by molar-refractivity contribution is 5.85. The molecule has 0 atom stereocenters. The number of piperazine rings is 1. The molecule has 6 heteroatoms. The Balaban J connectivity index is 1.35. The lowest BCUT2D eigenvalue weighted by Crippen LogP contribution is -2.43. The van der Waals surface area contributed by atoms with Crippen LogP contribution in [0.2, 0.25) is 0 Å². The molecule has 0 aliphatic carbocycles. The van der Waals surface area contributed by atoms with E-state index in [0.29, 0.717) is 6.54 Å². The van der Waals surface area contributed by atoms with Gasteiger partial charge in [0.2, 0.25) is 11.8 Å². The fraction of sp³-hybridized carbons (Fsp3) is 0.391. The molecule has 0 saturated carbocycles. The molecule has 1 aliphatic heterocycles. The molecule has 1 fully saturated rings. The van der Waals surface area contributed by atoms with Gasteiger partial charge in [-0.3, -0.25) is 14.5 Å². The summed E-state index contributed by atoms with van der Waals surface area (Å²) in [4.78, 5) is 28.7. The predicted octanol–water partition coefficient (Wildman–Crippen LogP) is 1.41. The third kappa shape index (κ3) is 7.33. The van der Waals surface area contributed by atoms with Gasteiger partial charge in [-0.25, -0.2) is 0 Å². The van der Waals surface area contributed by atoms with E-state index in [1.807, 2.05) is 30.3 Å². The second-order valence-corrected chi connectivity index (χ2v) is 7.61. The lowest BCUT2D eigenvalue weighted by molar-refractivity contribution is -0.125. The topological polar surface area (TPSA) is 64.7 Å². The van der Waals surface area contributed by atoms with E-state index in [-0.39, 0.29) is 24.8 Å². The molecule has 1 saturated heterocycles. The summed E-state index contributed by atoms with van der Waals surface area (Å²) >= 11 is 0. The Hall–Kier alpha value is -2.70. The smallest absolute Gasteiger partial charge is 0.239 e. The minimum atomic E-state index is -0.187. The van der Waals surface area contributed by atoms with Crippen LogP contribution in [-0.4, -0.2) is 61.4 Å². The van der Waals surface area contributed by atoms with Gasteiger partial charge in [0.15, 0.2) is 0 Å². The van der Waals surface area contributed by atoms with E-state index in [4.69, 9.17) is 0 Å². The van der Waals surface area contributed by atoms with Crippen molar-refractivity contribution in [2.75, 3.05) is 39.8 Å². The van der Waals surface area contributed by atoms with Crippen molar-refractivity contribution < 1.29 is 9.59 Å². The molecule has 2 aromatic carbocycles. The Kier molecular flexibility index (Phi) is 7.78. The summed E-state index contributed by atoms with van der Waals surface area (Å²) in [5.74, 6) is -0.340. The maximum Gasteiger partial charge on any atom is 0.239 e. The van der Waals surface area contributed by atoms with Crippen LogP contribution < -0.4 is 10.6 Å². The molecule has 29 heavy (non-hydrogen) atoms. The van der Waals surface area contributed by atoms with Crippen molar-refractivity contribution in [3.63, 3.8) is 0 Å². The summed E-state index contributed by atoms with van der Waals surface area (Å²) < 4.78 is 0. The molecule has 2 amide bonds. The van der Waals surface area contributed by atoms with E-state index in [1.54, 1.807) is 0 Å². The molecule has 0 unspecified atom stereocenters. The average Bonchev–Trinajstić information content (AvgIpc) is 2.74. The molecule has 0 spiro atoms. The van der Waals surface area contributed by atoms with E-state index in [1.165, 1.54) is 5.56 Å². The van der Waals surface area contributed by atoms with Crippen LogP contribution in [0.4, 0.5) is 0 Å². The minimum Gasteiger partial charge on any atom is -0.350 e. The Morgan fingerprint density at radius 3 is 2.14 bits per heavy atom. The summed E-state index contributed by atoms with van der Waals surface area (Å²) in [6.45, 7) is 5.86. The monoisotopic (exact) mass is 394 g/mol. The number of nitrogens with one attached hydrogen (secondary N) is 2. The van der Waals surface area contributed by atoms with Gasteiger partial charge >= 0.3 is 0 Å². The number of hydrogen-bond acceptors (Lipinski definition) is 4. The van der Waals surface area contributed by atoms with Gasteiger partial charge in [0.25, 0.3) is 0 Å². The van der Waals surface area contributed by atoms with E-state index in [0.717, 1.165) is 43.9 Å². The number of amides is 2. The SMILES string of the molecule is CN1CCN(Cc2ccc(CNC(=O)CNC(=O)Cc3ccccc3)cc2)CC1. The van der Waals surface area contributed by atoms with Gasteiger partial charge < -0.3 is 15.5 Å². The molecule has 1 heterocycles. The number of likely N-dealkylation sites (N-methyl/N-ethyl adjacent to an activating group) is 1. The van der Waals surface area contributed by atoms with Crippen LogP contribution in [0.25, 0.3) is 0 Å². The van der Waals surface area contributed by atoms with Crippen molar-refractivity contribution in [3.8, 4) is 0 Å². The normalized spacial score (nSPS) is 15.1. The van der Waals surface area contributed by atoms with Gasteiger partial charge in [0.1, 0.15) is 0 Å². The van der Waals surface area contributed by atoms with Gasteiger partial charge in [-0.05, 0) is 23.7 Å². The molecule has 3 rings (SSSR count). The van der Waals surface area contributed by atoms with Crippen LogP contribution in [0, 0.1) is 0 Å². The molecule has 2 N–H and O–H groups in total.